The average Bonchev–Trinajstić information content (AvgIpc) is 2.39. The van der Waals surface area contributed by atoms with E-state index >= 15 is 0 Å². The molecule has 0 bridgehead atoms. The zero-order chi connectivity index (χ0) is 14.8. The molecule has 112 valence electrons. The highest BCUT2D eigenvalue weighted by atomic mass is 16.3. The number of nitrogens with one attached hydrogen (secondary N) is 1. The van der Waals surface area contributed by atoms with Gasteiger partial charge in [0.1, 0.15) is 0 Å². The summed E-state index contributed by atoms with van der Waals surface area (Å²) in [6, 6.07) is 7.81. The summed E-state index contributed by atoms with van der Waals surface area (Å²) in [7, 11) is 0. The molecule has 0 heterocycles. The third kappa shape index (κ3) is 6.68. The van der Waals surface area contributed by atoms with Gasteiger partial charge in [-0.3, -0.25) is 4.79 Å². The standard InChI is InChI=1S/C16H26N2O2/c1-3-9-18(11-12-19)10-5-8-16(20)17-15-7-4-6-14(2)13-15/h4,6-7,13,19H,3,5,8-12H2,1-2H3,(H,17,20). The molecule has 0 spiro atoms. The van der Waals surface area contributed by atoms with Gasteiger partial charge in [0.05, 0.1) is 6.61 Å². The molecular weight excluding hydrogens is 252 g/mol. The fourth-order valence-electron chi connectivity index (χ4n) is 2.20. The van der Waals surface area contributed by atoms with Gasteiger partial charge in [0.25, 0.3) is 0 Å². The Morgan fingerprint density at radius 3 is 2.75 bits per heavy atom. The van der Waals surface area contributed by atoms with Crippen molar-refractivity contribution >= 4 is 11.6 Å². The van der Waals surface area contributed by atoms with Crippen LogP contribution in [0.25, 0.3) is 0 Å². The molecule has 4 heteroatoms. The summed E-state index contributed by atoms with van der Waals surface area (Å²) in [6.07, 6.45) is 2.40. The van der Waals surface area contributed by atoms with Gasteiger partial charge in [0.15, 0.2) is 0 Å². The van der Waals surface area contributed by atoms with E-state index in [1.54, 1.807) is 0 Å². The first-order valence-corrected chi connectivity index (χ1v) is 7.35. The largest absolute Gasteiger partial charge is 0.395 e. The van der Waals surface area contributed by atoms with Gasteiger partial charge in [-0.15, -0.1) is 0 Å². The van der Waals surface area contributed by atoms with E-state index in [1.165, 1.54) is 0 Å². The van der Waals surface area contributed by atoms with Crippen molar-refractivity contribution in [3.8, 4) is 0 Å². The molecule has 1 amide bonds. The predicted molar refractivity (Wildman–Crippen MR) is 82.9 cm³/mol. The van der Waals surface area contributed by atoms with Gasteiger partial charge in [0, 0.05) is 18.7 Å². The van der Waals surface area contributed by atoms with Crippen molar-refractivity contribution in [2.45, 2.75) is 33.1 Å². The van der Waals surface area contributed by atoms with Gasteiger partial charge in [-0.2, -0.15) is 0 Å². The molecule has 0 unspecified atom stereocenters. The number of aryl methyl sites for hydroxylation is 1. The first-order valence-electron chi connectivity index (χ1n) is 7.35. The predicted octanol–water partition coefficient (Wildman–Crippen LogP) is 2.42. The van der Waals surface area contributed by atoms with E-state index in [1.807, 2.05) is 31.2 Å². The average molecular weight is 278 g/mol. The molecule has 1 aromatic carbocycles. The van der Waals surface area contributed by atoms with Crippen molar-refractivity contribution in [2.24, 2.45) is 0 Å². The first kappa shape index (κ1) is 16.7. The molecule has 0 saturated heterocycles. The summed E-state index contributed by atoms with van der Waals surface area (Å²) in [5.41, 5.74) is 2.00. The second kappa shape index (κ2) is 9.50. The SMILES string of the molecule is CCCN(CCO)CCCC(=O)Nc1cccc(C)c1. The Kier molecular flexibility index (Phi) is 7.92. The van der Waals surface area contributed by atoms with Crippen molar-refractivity contribution in [3.05, 3.63) is 29.8 Å². The molecule has 0 atom stereocenters. The molecule has 0 aliphatic rings. The van der Waals surface area contributed by atoms with Crippen LogP contribution in [0.1, 0.15) is 31.7 Å². The van der Waals surface area contributed by atoms with Gasteiger partial charge in [-0.05, 0) is 50.6 Å². The maximum Gasteiger partial charge on any atom is 0.224 e. The minimum absolute atomic E-state index is 0.0519. The van der Waals surface area contributed by atoms with Crippen molar-refractivity contribution < 1.29 is 9.90 Å². The van der Waals surface area contributed by atoms with Gasteiger partial charge < -0.3 is 15.3 Å². The van der Waals surface area contributed by atoms with E-state index in [9.17, 15) is 4.79 Å². The van der Waals surface area contributed by atoms with Crippen LogP contribution >= 0.6 is 0 Å². The van der Waals surface area contributed by atoms with E-state index in [0.29, 0.717) is 13.0 Å². The Bertz CT molecular complexity index is 401. The normalized spacial score (nSPS) is 10.8. The smallest absolute Gasteiger partial charge is 0.224 e. The van der Waals surface area contributed by atoms with Gasteiger partial charge >= 0.3 is 0 Å². The highest BCUT2D eigenvalue weighted by molar-refractivity contribution is 5.90. The van der Waals surface area contributed by atoms with Crippen LogP contribution in [0.2, 0.25) is 0 Å². The van der Waals surface area contributed by atoms with Gasteiger partial charge in [-0.1, -0.05) is 19.1 Å². The minimum atomic E-state index is 0.0519. The molecule has 1 rings (SSSR count). The number of hydrogen-bond acceptors (Lipinski definition) is 3. The second-order valence-electron chi connectivity index (χ2n) is 5.09. The number of aliphatic hydroxyl groups excluding tert-OH is 1. The van der Waals surface area contributed by atoms with Crippen LogP contribution in [-0.2, 0) is 4.79 Å². The quantitative estimate of drug-likeness (QED) is 0.729. The number of carbonyl (C=O) groups excluding carboxylic acids is 1. The molecule has 0 saturated carbocycles. The fourth-order valence-corrected chi connectivity index (χ4v) is 2.20. The molecule has 20 heavy (non-hydrogen) atoms. The second-order valence-corrected chi connectivity index (χ2v) is 5.09. The monoisotopic (exact) mass is 278 g/mol. The maximum absolute atomic E-state index is 11.8. The van der Waals surface area contributed by atoms with Gasteiger partial charge in [-0.25, -0.2) is 0 Å². The summed E-state index contributed by atoms with van der Waals surface area (Å²) >= 11 is 0. The number of aliphatic hydroxyl groups is 1. The molecule has 0 aliphatic carbocycles. The van der Waals surface area contributed by atoms with E-state index in [4.69, 9.17) is 5.11 Å². The lowest BCUT2D eigenvalue weighted by molar-refractivity contribution is -0.116. The molecule has 2 N–H and O–H groups in total. The zero-order valence-electron chi connectivity index (χ0n) is 12.6. The Labute approximate surface area is 121 Å². The number of anilines is 1. The highest BCUT2D eigenvalue weighted by Gasteiger charge is 2.06. The molecule has 0 aliphatic heterocycles. The van der Waals surface area contributed by atoms with Crippen LogP contribution in [0.15, 0.2) is 24.3 Å². The lowest BCUT2D eigenvalue weighted by Crippen LogP contribution is -2.29. The number of amides is 1. The first-order chi connectivity index (χ1) is 9.65. The lowest BCUT2D eigenvalue weighted by Gasteiger charge is -2.20. The number of carbonyl (C=O) groups is 1. The van der Waals surface area contributed by atoms with Crippen molar-refractivity contribution in [1.82, 2.24) is 4.90 Å². The van der Waals surface area contributed by atoms with Crippen LogP contribution < -0.4 is 5.32 Å². The molecule has 0 aromatic heterocycles. The topological polar surface area (TPSA) is 52.6 Å². The van der Waals surface area contributed by atoms with Gasteiger partial charge in [0.2, 0.25) is 5.91 Å². The van der Waals surface area contributed by atoms with E-state index in [0.717, 1.165) is 37.2 Å². The molecule has 0 fully saturated rings. The summed E-state index contributed by atoms with van der Waals surface area (Å²) in [5.74, 6) is 0.0519. The number of rotatable bonds is 9. The molecule has 0 radical (unpaired) electrons. The lowest BCUT2D eigenvalue weighted by atomic mass is 10.2. The van der Waals surface area contributed by atoms with Crippen LogP contribution in [0.3, 0.4) is 0 Å². The Morgan fingerprint density at radius 2 is 2.10 bits per heavy atom. The fraction of sp³-hybridized carbons (Fsp3) is 0.562. The van der Waals surface area contributed by atoms with Crippen LogP contribution in [0.5, 0.6) is 0 Å². The summed E-state index contributed by atoms with van der Waals surface area (Å²) in [4.78, 5) is 14.0. The van der Waals surface area contributed by atoms with E-state index in [2.05, 4.69) is 17.1 Å². The van der Waals surface area contributed by atoms with Crippen LogP contribution in [0, 0.1) is 6.92 Å². The van der Waals surface area contributed by atoms with Crippen LogP contribution in [-0.4, -0.2) is 42.2 Å². The van der Waals surface area contributed by atoms with E-state index in [-0.39, 0.29) is 12.5 Å². The summed E-state index contributed by atoms with van der Waals surface area (Å²) < 4.78 is 0. The van der Waals surface area contributed by atoms with Crippen molar-refractivity contribution in [2.75, 3.05) is 31.6 Å². The third-order valence-corrected chi connectivity index (χ3v) is 3.14. The summed E-state index contributed by atoms with van der Waals surface area (Å²) in [6.45, 7) is 6.82. The molecule has 1 aromatic rings. The van der Waals surface area contributed by atoms with E-state index < -0.39 is 0 Å². The zero-order valence-corrected chi connectivity index (χ0v) is 12.6. The summed E-state index contributed by atoms with van der Waals surface area (Å²) in [5, 5.41) is 11.9. The Hall–Kier alpha value is -1.39. The molecule has 4 nitrogen and oxygen atoms in total. The third-order valence-electron chi connectivity index (χ3n) is 3.14. The highest BCUT2D eigenvalue weighted by Crippen LogP contribution is 2.10. The maximum atomic E-state index is 11.8. The number of benzene rings is 1. The Morgan fingerprint density at radius 1 is 1.30 bits per heavy atom. The molecular formula is C16H26N2O2. The minimum Gasteiger partial charge on any atom is -0.395 e. The van der Waals surface area contributed by atoms with Crippen molar-refractivity contribution in [1.29, 1.82) is 0 Å². The Balaban J connectivity index is 2.28. The van der Waals surface area contributed by atoms with Crippen LogP contribution in [0.4, 0.5) is 5.69 Å². The van der Waals surface area contributed by atoms with Crippen molar-refractivity contribution in [3.63, 3.8) is 0 Å². The number of hydrogen-bond donors (Lipinski definition) is 2. The number of nitrogens with zero attached hydrogens (tertiary/aromatic N) is 1.